The Labute approximate surface area is 518 Å². The Kier molecular flexibility index (Phi) is 18.9. The van der Waals surface area contributed by atoms with Crippen LogP contribution in [-0.2, 0) is 6.42 Å². The van der Waals surface area contributed by atoms with E-state index in [0.717, 1.165) is 23.1 Å². The first-order chi connectivity index (χ1) is 42.4. The molecule has 0 N–H and O–H groups in total. The molecular formula is C83H84N4. The molecule has 0 atom stereocenters. The van der Waals surface area contributed by atoms with E-state index < -0.39 is 0 Å². The zero-order chi connectivity index (χ0) is 60.4. The minimum Gasteiger partial charge on any atom is -0.309 e. The van der Waals surface area contributed by atoms with Crippen molar-refractivity contribution < 1.29 is 0 Å². The van der Waals surface area contributed by atoms with Crippen molar-refractivity contribution in [3.63, 3.8) is 0 Å². The van der Waals surface area contributed by atoms with Gasteiger partial charge in [0.05, 0.1) is 11.0 Å². The molecule has 0 bridgehead atoms. The molecule has 4 heteroatoms. The topological polar surface area (TPSA) is 43.6 Å². The first-order valence-corrected chi connectivity index (χ1v) is 31.9. The molecule has 0 aliphatic rings. The summed E-state index contributed by atoms with van der Waals surface area (Å²) in [4.78, 5) is 15.2. The molecule has 0 amide bonds. The van der Waals surface area contributed by atoms with Gasteiger partial charge in [-0.05, 0) is 177 Å². The average Bonchev–Trinajstić information content (AvgIpc) is 1.67. The van der Waals surface area contributed by atoms with Gasteiger partial charge in [0, 0.05) is 33.2 Å². The Morgan fingerprint density at radius 1 is 0.287 bits per heavy atom. The molecular weight excluding hydrogens is 1050 g/mol. The summed E-state index contributed by atoms with van der Waals surface area (Å²) >= 11 is 0. The molecule has 0 radical (unpaired) electrons. The van der Waals surface area contributed by atoms with E-state index in [0.29, 0.717) is 17.5 Å². The van der Waals surface area contributed by atoms with Crippen LogP contribution in [-0.4, -0.2) is 19.5 Å². The number of nitrogens with zero attached hydrogens (tertiary/aromatic N) is 4. The number of hydrogen-bond donors (Lipinski definition) is 0. The summed E-state index contributed by atoms with van der Waals surface area (Å²) in [6, 6.07) is 77.3. The van der Waals surface area contributed by atoms with Crippen molar-refractivity contribution in [2.75, 3.05) is 0 Å². The second kappa shape index (κ2) is 27.6. The summed E-state index contributed by atoms with van der Waals surface area (Å²) in [5.74, 6) is 2.06. The van der Waals surface area contributed by atoms with Crippen LogP contribution in [0.3, 0.4) is 0 Å². The van der Waals surface area contributed by atoms with Crippen molar-refractivity contribution in [3.05, 3.63) is 262 Å². The second-order valence-corrected chi connectivity index (χ2v) is 24.5. The van der Waals surface area contributed by atoms with Crippen molar-refractivity contribution >= 4 is 21.8 Å². The SMILES string of the molecule is CCCCCCCCCCCCc1ccc(-c2nc(-c3ccc(-c4c(C)cc(C)cc4C)cc3)nc(-c3ccc(-c4c(C)cc(C)cc4C)cc3)n2)cc1.Cc1ccc(-c2ccc3c(c2)c2cc(-c4ccc(C)cc4)ccc2n3-c2ccccc2)cc1. The van der Waals surface area contributed by atoms with Crippen LogP contribution in [0.4, 0.5) is 0 Å². The Hall–Kier alpha value is -8.99. The van der Waals surface area contributed by atoms with Crippen molar-refractivity contribution in [2.24, 2.45) is 0 Å². The van der Waals surface area contributed by atoms with Crippen molar-refractivity contribution in [1.29, 1.82) is 0 Å². The zero-order valence-electron chi connectivity index (χ0n) is 52.8. The van der Waals surface area contributed by atoms with Gasteiger partial charge < -0.3 is 4.57 Å². The number of unbranched alkanes of at least 4 members (excludes halogenated alkanes) is 9. The molecule has 0 saturated carbocycles. The Morgan fingerprint density at radius 3 is 1.01 bits per heavy atom. The number of aromatic nitrogens is 4. The number of para-hydroxylation sites is 1. The highest BCUT2D eigenvalue weighted by Gasteiger charge is 2.18. The second-order valence-electron chi connectivity index (χ2n) is 24.5. The number of rotatable bonds is 19. The fourth-order valence-corrected chi connectivity index (χ4v) is 13.0. The van der Waals surface area contributed by atoms with Gasteiger partial charge in [-0.15, -0.1) is 0 Å². The lowest BCUT2D eigenvalue weighted by atomic mass is 9.93. The predicted molar refractivity (Wildman–Crippen MR) is 372 cm³/mol. The lowest BCUT2D eigenvalue weighted by Gasteiger charge is -2.13. The van der Waals surface area contributed by atoms with Gasteiger partial charge in [0.25, 0.3) is 0 Å². The fraction of sp³-hybridized carbons (Fsp3) is 0.241. The molecule has 0 spiro atoms. The summed E-state index contributed by atoms with van der Waals surface area (Å²) in [6.07, 6.45) is 14.7. The van der Waals surface area contributed by atoms with Gasteiger partial charge in [-0.3, -0.25) is 0 Å². The van der Waals surface area contributed by atoms with Crippen LogP contribution in [0.15, 0.2) is 212 Å². The van der Waals surface area contributed by atoms with E-state index in [2.05, 4.69) is 279 Å². The average molecular weight is 1140 g/mol. The predicted octanol–water partition coefficient (Wildman–Crippen LogP) is 23.3. The third-order valence-electron chi connectivity index (χ3n) is 17.4. The molecule has 436 valence electrons. The van der Waals surface area contributed by atoms with E-state index in [1.807, 2.05) is 0 Å². The molecule has 0 unspecified atom stereocenters. The van der Waals surface area contributed by atoms with E-state index in [1.54, 1.807) is 0 Å². The Bertz CT molecular complexity index is 4010. The summed E-state index contributed by atoms with van der Waals surface area (Å²) in [7, 11) is 0. The van der Waals surface area contributed by atoms with Gasteiger partial charge in [0.1, 0.15) is 0 Å². The number of hydrogen-bond acceptors (Lipinski definition) is 3. The molecule has 87 heavy (non-hydrogen) atoms. The number of aryl methyl sites for hydroxylation is 9. The van der Waals surface area contributed by atoms with Crippen LogP contribution in [0, 0.1) is 55.4 Å². The molecule has 2 heterocycles. The van der Waals surface area contributed by atoms with Crippen LogP contribution in [0.5, 0.6) is 0 Å². The first kappa shape index (κ1) is 59.7. The van der Waals surface area contributed by atoms with Crippen LogP contribution in [0.2, 0.25) is 0 Å². The maximum Gasteiger partial charge on any atom is 0.164 e. The highest BCUT2D eigenvalue weighted by Crippen LogP contribution is 2.38. The summed E-state index contributed by atoms with van der Waals surface area (Å²) in [5.41, 5.74) is 28.3. The van der Waals surface area contributed by atoms with E-state index in [-0.39, 0.29) is 0 Å². The highest BCUT2D eigenvalue weighted by molar-refractivity contribution is 6.11. The van der Waals surface area contributed by atoms with Crippen molar-refractivity contribution in [1.82, 2.24) is 19.5 Å². The molecule has 10 aromatic carbocycles. The standard InChI is InChI=1S/C51H59N3.C32H25N/c1-8-9-10-11-12-13-14-15-16-17-18-41-19-21-44(22-20-41)49-52-50(45-27-23-42(24-28-45)47-37(4)31-35(2)32-38(47)5)54-51(53-49)46-29-25-43(26-30-46)48-39(6)33-36(3)34-40(48)7;1-22-8-12-24(13-9-22)26-16-18-31-29(20-26)30-21-27(25-14-10-23(2)11-15-25)17-19-32(30)33(31)28-6-4-3-5-7-28/h19-34H,8-18H2,1-7H3;3-21H,1-2H3. The molecule has 12 rings (SSSR count). The summed E-state index contributed by atoms with van der Waals surface area (Å²) in [6.45, 7) is 19.7. The minimum absolute atomic E-state index is 0.683. The highest BCUT2D eigenvalue weighted by atomic mass is 15.0. The Balaban J connectivity index is 0.000000201. The van der Waals surface area contributed by atoms with Crippen molar-refractivity contribution in [3.8, 4) is 84.4 Å². The molecule has 12 aromatic rings. The smallest absolute Gasteiger partial charge is 0.164 e. The fourth-order valence-electron chi connectivity index (χ4n) is 13.0. The van der Waals surface area contributed by atoms with Crippen LogP contribution >= 0.6 is 0 Å². The summed E-state index contributed by atoms with van der Waals surface area (Å²) < 4.78 is 2.38. The van der Waals surface area contributed by atoms with Gasteiger partial charge in [-0.1, -0.05) is 263 Å². The monoisotopic (exact) mass is 1140 g/mol. The van der Waals surface area contributed by atoms with Crippen LogP contribution < -0.4 is 0 Å². The van der Waals surface area contributed by atoms with Gasteiger partial charge >= 0.3 is 0 Å². The molecule has 0 aliphatic heterocycles. The van der Waals surface area contributed by atoms with E-state index in [4.69, 9.17) is 15.0 Å². The molecule has 0 fully saturated rings. The maximum atomic E-state index is 5.08. The summed E-state index contributed by atoms with van der Waals surface area (Å²) in [5, 5.41) is 2.56. The third-order valence-corrected chi connectivity index (χ3v) is 17.4. The van der Waals surface area contributed by atoms with Crippen LogP contribution in [0.1, 0.15) is 121 Å². The lowest BCUT2D eigenvalue weighted by Crippen LogP contribution is -2.00. The molecule has 0 saturated heterocycles. The van der Waals surface area contributed by atoms with Crippen LogP contribution in [0.25, 0.3) is 106 Å². The maximum absolute atomic E-state index is 5.08. The van der Waals surface area contributed by atoms with Gasteiger partial charge in [0.15, 0.2) is 17.5 Å². The zero-order valence-corrected chi connectivity index (χ0v) is 52.8. The van der Waals surface area contributed by atoms with E-state index >= 15 is 0 Å². The molecule has 0 aliphatic carbocycles. The van der Waals surface area contributed by atoms with Gasteiger partial charge in [-0.25, -0.2) is 15.0 Å². The number of benzene rings is 10. The van der Waals surface area contributed by atoms with Crippen molar-refractivity contribution in [2.45, 2.75) is 133 Å². The minimum atomic E-state index is 0.683. The van der Waals surface area contributed by atoms with E-state index in [1.165, 1.54) is 186 Å². The Morgan fingerprint density at radius 2 is 0.621 bits per heavy atom. The lowest BCUT2D eigenvalue weighted by molar-refractivity contribution is 0.556. The van der Waals surface area contributed by atoms with E-state index in [9.17, 15) is 0 Å². The molecule has 2 aromatic heterocycles. The normalized spacial score (nSPS) is 11.3. The van der Waals surface area contributed by atoms with Gasteiger partial charge in [-0.2, -0.15) is 0 Å². The first-order valence-electron chi connectivity index (χ1n) is 31.9. The quantitative estimate of drug-likeness (QED) is 0.0758. The largest absolute Gasteiger partial charge is 0.309 e. The number of fused-ring (bicyclic) bond motifs is 3. The third kappa shape index (κ3) is 14.1. The van der Waals surface area contributed by atoms with Gasteiger partial charge in [0.2, 0.25) is 0 Å². The molecule has 4 nitrogen and oxygen atoms in total.